The van der Waals surface area contributed by atoms with Gasteiger partial charge in [-0.3, -0.25) is 0 Å². The highest BCUT2D eigenvalue weighted by molar-refractivity contribution is 6.12. The van der Waals surface area contributed by atoms with Gasteiger partial charge in [0.1, 0.15) is 11.6 Å². The molecule has 2 aliphatic carbocycles. The van der Waals surface area contributed by atoms with Crippen molar-refractivity contribution in [2.75, 3.05) is 9.80 Å². The molecule has 0 radical (unpaired) electrons. The van der Waals surface area contributed by atoms with Crippen LogP contribution in [0.2, 0.25) is 0 Å². The lowest BCUT2D eigenvalue weighted by atomic mass is 9.61. The first kappa shape index (κ1) is 47.2. The quantitative estimate of drug-likeness (QED) is 0.153. The minimum Gasteiger partial charge on any atom is -0.310 e. The first-order valence-corrected chi connectivity index (χ1v) is 22.1. The number of halogens is 14. The third-order valence-corrected chi connectivity index (χ3v) is 13.4. The summed E-state index contributed by atoms with van der Waals surface area (Å²) in [6.45, 7) is 0. The van der Waals surface area contributed by atoms with Crippen LogP contribution in [0.1, 0.15) is 44.5 Å². The fourth-order valence-corrected chi connectivity index (χ4v) is 10.5. The second-order valence-electron chi connectivity index (χ2n) is 17.6. The number of rotatable bonds is 6. The fourth-order valence-electron chi connectivity index (χ4n) is 10.5. The molecule has 0 amide bonds. The molecule has 2 nitrogen and oxygen atoms in total. The molecule has 0 aliphatic heterocycles. The lowest BCUT2D eigenvalue weighted by molar-refractivity contribution is -0.144. The molecule has 0 saturated carbocycles. The van der Waals surface area contributed by atoms with E-state index in [1.807, 2.05) is 36.4 Å². The van der Waals surface area contributed by atoms with Crippen molar-refractivity contribution in [3.63, 3.8) is 0 Å². The molecule has 366 valence electrons. The van der Waals surface area contributed by atoms with Gasteiger partial charge in [0.15, 0.2) is 0 Å². The van der Waals surface area contributed by atoms with Crippen molar-refractivity contribution in [3.05, 3.63) is 238 Å². The summed E-state index contributed by atoms with van der Waals surface area (Å²) < 4.78 is 203. The number of alkyl halides is 12. The summed E-state index contributed by atoms with van der Waals surface area (Å²) in [6, 6.07) is 38.9. The number of anilines is 6. The fraction of sp³-hybridized carbons (Fsp3) is 0.0877. The summed E-state index contributed by atoms with van der Waals surface area (Å²) in [6.07, 6.45) is -20.9. The topological polar surface area (TPSA) is 6.48 Å². The van der Waals surface area contributed by atoms with Gasteiger partial charge in [0.2, 0.25) is 0 Å². The Morgan fingerprint density at radius 1 is 0.301 bits per heavy atom. The van der Waals surface area contributed by atoms with Gasteiger partial charge in [0.25, 0.3) is 0 Å². The molecule has 0 aromatic heterocycles. The van der Waals surface area contributed by atoms with Crippen molar-refractivity contribution in [2.45, 2.75) is 30.1 Å². The highest BCUT2D eigenvalue weighted by Crippen LogP contribution is 2.63. The van der Waals surface area contributed by atoms with Crippen LogP contribution in [-0.4, -0.2) is 0 Å². The molecule has 0 N–H and O–H groups in total. The van der Waals surface area contributed by atoms with Crippen LogP contribution in [0.25, 0.3) is 33.0 Å². The lowest BCUT2D eigenvalue weighted by Crippen LogP contribution is -2.32. The van der Waals surface area contributed by atoms with Gasteiger partial charge in [-0.05, 0) is 153 Å². The lowest BCUT2D eigenvalue weighted by Gasteiger charge is -2.41. The molecule has 0 atom stereocenters. The average molecular weight is 1010 g/mol. The molecule has 2 aliphatic rings. The molecule has 0 saturated heterocycles. The maximum absolute atomic E-state index is 14.6. The molecule has 9 aromatic carbocycles. The van der Waals surface area contributed by atoms with Gasteiger partial charge in [-0.15, -0.1) is 0 Å². The Labute approximate surface area is 405 Å². The van der Waals surface area contributed by atoms with E-state index in [0.717, 1.165) is 40.3 Å². The zero-order valence-electron chi connectivity index (χ0n) is 37.0. The highest BCUT2D eigenvalue weighted by atomic mass is 19.4. The van der Waals surface area contributed by atoms with Crippen LogP contribution >= 0.6 is 0 Å². The summed E-state index contributed by atoms with van der Waals surface area (Å²) in [5.41, 5.74) is -3.77. The molecular weight excluding hydrogens is 979 g/mol. The third kappa shape index (κ3) is 7.72. The molecule has 11 rings (SSSR count). The van der Waals surface area contributed by atoms with E-state index in [4.69, 9.17) is 0 Å². The Morgan fingerprint density at radius 2 is 0.699 bits per heavy atom. The van der Waals surface area contributed by atoms with Crippen LogP contribution in [0.4, 0.5) is 95.6 Å². The van der Waals surface area contributed by atoms with Gasteiger partial charge in [0.05, 0.1) is 33.4 Å². The van der Waals surface area contributed by atoms with Crippen LogP contribution in [0.3, 0.4) is 0 Å². The van der Waals surface area contributed by atoms with Gasteiger partial charge in [0, 0.05) is 33.8 Å². The van der Waals surface area contributed by atoms with E-state index in [9.17, 15) is 61.5 Å². The summed E-state index contributed by atoms with van der Waals surface area (Å²) in [7, 11) is 0. The standard InChI is InChI=1S/C57H30F14N2/c58-35-12-16-37(17-13-35)72(40-26-31(54(60,61)62)24-32(27-40)55(63,64)65)39-20-21-44-45-22-23-51(73(38-18-14-36(59)15-19-38)41-28-33(56(66,67)68)25-34(29-41)57(69,70)71)46-8-5-11-49(52(45)46)53(50(44)30-39)47-9-3-1-6-42(47)43-7-2-4-10-48(43)53/h1-30H. The first-order valence-electron chi connectivity index (χ1n) is 22.1. The molecule has 16 heteroatoms. The van der Waals surface area contributed by atoms with Crippen molar-refractivity contribution < 1.29 is 61.5 Å². The van der Waals surface area contributed by atoms with E-state index in [0.29, 0.717) is 68.4 Å². The average Bonchev–Trinajstić information content (AvgIpc) is 3.64. The van der Waals surface area contributed by atoms with Crippen molar-refractivity contribution >= 4 is 44.9 Å². The second-order valence-corrected chi connectivity index (χ2v) is 17.6. The number of hydrogen-bond donors (Lipinski definition) is 0. The second kappa shape index (κ2) is 16.4. The van der Waals surface area contributed by atoms with Crippen molar-refractivity contribution in [2.24, 2.45) is 0 Å². The third-order valence-electron chi connectivity index (χ3n) is 13.4. The molecule has 73 heavy (non-hydrogen) atoms. The van der Waals surface area contributed by atoms with E-state index in [-0.39, 0.29) is 34.9 Å². The minimum atomic E-state index is -5.23. The molecule has 0 bridgehead atoms. The highest BCUT2D eigenvalue weighted by Gasteiger charge is 2.51. The largest absolute Gasteiger partial charge is 0.416 e. The SMILES string of the molecule is Fc1ccc(N(c2cc(C(F)(F)F)cc(C(F)(F)F)c2)c2ccc3c(c2)C2(c4ccccc4-c4ccccc42)c2cccc4c(N(c5ccc(F)cc5)c5cc(C(F)(F)F)cc(C(F)(F)F)c5)ccc-3c24)cc1. The summed E-state index contributed by atoms with van der Waals surface area (Å²) in [5.74, 6) is -1.47. The van der Waals surface area contributed by atoms with Gasteiger partial charge < -0.3 is 9.80 Å². The van der Waals surface area contributed by atoms with E-state index in [1.165, 1.54) is 41.3 Å². The van der Waals surface area contributed by atoms with Crippen LogP contribution in [0.15, 0.2) is 182 Å². The Kier molecular flexibility index (Phi) is 10.6. The Bertz CT molecular complexity index is 3560. The maximum Gasteiger partial charge on any atom is 0.416 e. The number of fused-ring (bicyclic) bond motifs is 9. The Hall–Kier alpha value is -8.14. The Morgan fingerprint density at radius 3 is 1.18 bits per heavy atom. The van der Waals surface area contributed by atoms with Gasteiger partial charge in [-0.2, -0.15) is 52.7 Å². The molecule has 0 unspecified atom stereocenters. The molecule has 9 aromatic rings. The van der Waals surface area contributed by atoms with Crippen LogP contribution < -0.4 is 9.80 Å². The zero-order valence-corrected chi connectivity index (χ0v) is 37.0. The van der Waals surface area contributed by atoms with Crippen molar-refractivity contribution in [1.29, 1.82) is 0 Å². The molecule has 0 fully saturated rings. The predicted molar refractivity (Wildman–Crippen MR) is 250 cm³/mol. The normalized spacial score (nSPS) is 13.7. The molecule has 1 spiro atoms. The van der Waals surface area contributed by atoms with Crippen LogP contribution in [0, 0.1) is 11.6 Å². The van der Waals surface area contributed by atoms with E-state index in [2.05, 4.69) is 0 Å². The van der Waals surface area contributed by atoms with Crippen LogP contribution in [-0.2, 0) is 30.1 Å². The number of hydrogen-bond acceptors (Lipinski definition) is 2. The minimum absolute atomic E-state index is 0.00202. The first-order chi connectivity index (χ1) is 34.5. The summed E-state index contributed by atoms with van der Waals surface area (Å²) >= 11 is 0. The van der Waals surface area contributed by atoms with E-state index < -0.39 is 75.4 Å². The van der Waals surface area contributed by atoms with Gasteiger partial charge in [-0.1, -0.05) is 78.9 Å². The van der Waals surface area contributed by atoms with Crippen molar-refractivity contribution in [1.82, 2.24) is 0 Å². The monoisotopic (exact) mass is 1010 g/mol. The van der Waals surface area contributed by atoms with Crippen molar-refractivity contribution in [3.8, 4) is 22.3 Å². The molecule has 0 heterocycles. The van der Waals surface area contributed by atoms with E-state index in [1.54, 1.807) is 48.5 Å². The predicted octanol–water partition coefficient (Wildman–Crippen LogP) is 18.5. The zero-order chi connectivity index (χ0) is 51.6. The maximum atomic E-state index is 14.6. The molecular formula is C57H30F14N2. The number of nitrogens with zero attached hydrogens (tertiary/aromatic N) is 2. The summed E-state index contributed by atoms with van der Waals surface area (Å²) in [4.78, 5) is 2.34. The van der Waals surface area contributed by atoms with Gasteiger partial charge >= 0.3 is 24.7 Å². The number of benzene rings is 9. The smallest absolute Gasteiger partial charge is 0.310 e. The van der Waals surface area contributed by atoms with Crippen LogP contribution in [0.5, 0.6) is 0 Å². The van der Waals surface area contributed by atoms with Gasteiger partial charge in [-0.25, -0.2) is 8.78 Å². The Balaban J connectivity index is 1.24. The summed E-state index contributed by atoms with van der Waals surface area (Å²) in [5, 5.41) is 0.822. The van der Waals surface area contributed by atoms with E-state index >= 15 is 0 Å².